The van der Waals surface area contributed by atoms with Crippen molar-refractivity contribution in [2.45, 2.75) is 18.6 Å². The highest BCUT2D eigenvalue weighted by atomic mass is 32.2. The lowest BCUT2D eigenvalue weighted by Gasteiger charge is -2.35. The molecule has 0 radical (unpaired) electrons. The van der Waals surface area contributed by atoms with E-state index in [9.17, 15) is 8.42 Å². The van der Waals surface area contributed by atoms with Crippen LogP contribution in [0, 0.1) is 0 Å². The Morgan fingerprint density at radius 2 is 1.94 bits per heavy atom. The summed E-state index contributed by atoms with van der Waals surface area (Å²) in [6.07, 6.45) is 3.17. The first-order valence-corrected chi connectivity index (χ1v) is 12.1. The molecule has 1 aromatic carbocycles. The summed E-state index contributed by atoms with van der Waals surface area (Å²) in [5.74, 6) is 0.652. The maximum Gasteiger partial charge on any atom is 0.220 e. The average molecular weight is 450 g/mol. The normalized spacial score (nSPS) is 15.9. The second kappa shape index (κ2) is 11.8. The molecule has 0 atom stereocenters. The first kappa shape index (κ1) is 23.2. The molecule has 2 heterocycles. The molecular formula is C21H31N5O4S. The molecule has 3 rings (SSSR count). The smallest absolute Gasteiger partial charge is 0.220 e. The van der Waals surface area contributed by atoms with Crippen molar-refractivity contribution in [1.29, 1.82) is 0 Å². The first-order chi connectivity index (χ1) is 15.1. The molecule has 1 aliphatic heterocycles. The maximum absolute atomic E-state index is 12.6. The van der Waals surface area contributed by atoms with Crippen LogP contribution < -0.4 is 5.32 Å². The molecule has 10 heteroatoms. The van der Waals surface area contributed by atoms with E-state index in [0.29, 0.717) is 45.1 Å². The molecule has 1 aromatic heterocycles. The quantitative estimate of drug-likeness (QED) is 0.332. The van der Waals surface area contributed by atoms with Crippen LogP contribution in [0.3, 0.4) is 0 Å². The number of rotatable bonds is 10. The second-order valence-corrected chi connectivity index (χ2v) is 9.28. The zero-order valence-electron chi connectivity index (χ0n) is 17.9. The van der Waals surface area contributed by atoms with E-state index in [0.717, 1.165) is 25.3 Å². The van der Waals surface area contributed by atoms with E-state index in [2.05, 4.69) is 32.5 Å². The summed E-state index contributed by atoms with van der Waals surface area (Å²) in [6, 6.07) is 11.9. The summed E-state index contributed by atoms with van der Waals surface area (Å²) in [5, 5.41) is 7.04. The van der Waals surface area contributed by atoms with Crippen molar-refractivity contribution in [3.63, 3.8) is 0 Å². The molecule has 0 spiro atoms. The van der Waals surface area contributed by atoms with Gasteiger partial charge in [-0.3, -0.25) is 4.99 Å². The van der Waals surface area contributed by atoms with Crippen LogP contribution in [0.1, 0.15) is 17.7 Å². The number of nitrogens with one attached hydrogen (secondary N) is 1. The zero-order valence-corrected chi connectivity index (χ0v) is 18.8. The summed E-state index contributed by atoms with van der Waals surface area (Å²) in [5.41, 5.74) is 1.70. The predicted octanol–water partition coefficient (Wildman–Crippen LogP) is 1.35. The summed E-state index contributed by atoms with van der Waals surface area (Å²) >= 11 is 0. The van der Waals surface area contributed by atoms with Crippen molar-refractivity contribution >= 4 is 16.0 Å². The van der Waals surface area contributed by atoms with Crippen molar-refractivity contribution in [3.8, 4) is 0 Å². The van der Waals surface area contributed by atoms with E-state index in [1.807, 2.05) is 18.2 Å². The van der Waals surface area contributed by atoms with Gasteiger partial charge >= 0.3 is 0 Å². The Morgan fingerprint density at radius 1 is 1.16 bits per heavy atom. The number of piperazine rings is 1. The summed E-state index contributed by atoms with van der Waals surface area (Å²) in [4.78, 5) is 6.42. The highest BCUT2D eigenvalue weighted by molar-refractivity contribution is 7.88. The first-order valence-electron chi connectivity index (χ1n) is 10.5. The minimum atomic E-state index is -3.40. The van der Waals surface area contributed by atoms with Gasteiger partial charge in [-0.2, -0.15) is 4.31 Å². The van der Waals surface area contributed by atoms with E-state index in [-0.39, 0.29) is 5.75 Å². The number of aromatic nitrogens is 1. The van der Waals surface area contributed by atoms with Crippen molar-refractivity contribution in [1.82, 2.24) is 19.7 Å². The summed E-state index contributed by atoms with van der Waals surface area (Å²) in [7, 11) is -1.66. The number of aliphatic imine (C=N–C) groups is 1. The molecule has 1 fully saturated rings. The van der Waals surface area contributed by atoms with Crippen molar-refractivity contribution in [2.24, 2.45) is 4.99 Å². The number of nitrogens with zero attached hydrogens (tertiary/aromatic N) is 4. The van der Waals surface area contributed by atoms with Gasteiger partial charge in [-0.05, 0) is 18.4 Å². The number of guanidine groups is 1. The molecule has 2 aromatic rings. The minimum Gasteiger partial charge on any atom is -0.381 e. The van der Waals surface area contributed by atoms with Gasteiger partial charge in [0.25, 0.3) is 0 Å². The lowest BCUT2D eigenvalue weighted by molar-refractivity contribution is 0.135. The van der Waals surface area contributed by atoms with Gasteiger partial charge in [-0.1, -0.05) is 35.5 Å². The molecular weight excluding hydrogens is 418 g/mol. The van der Waals surface area contributed by atoms with Crippen LogP contribution in [0.25, 0.3) is 0 Å². The second-order valence-electron chi connectivity index (χ2n) is 7.31. The fourth-order valence-corrected chi connectivity index (χ4v) is 4.84. The molecule has 0 bridgehead atoms. The van der Waals surface area contributed by atoms with E-state index < -0.39 is 10.0 Å². The molecule has 1 aliphatic rings. The monoisotopic (exact) mass is 449 g/mol. The van der Waals surface area contributed by atoms with Gasteiger partial charge in [0.1, 0.15) is 12.0 Å². The van der Waals surface area contributed by atoms with Crippen molar-refractivity contribution in [3.05, 3.63) is 53.9 Å². The Balaban J connectivity index is 1.32. The number of benzene rings is 1. The van der Waals surface area contributed by atoms with Gasteiger partial charge < -0.3 is 19.5 Å². The topological polar surface area (TPSA) is 100 Å². The zero-order chi connectivity index (χ0) is 21.9. The summed E-state index contributed by atoms with van der Waals surface area (Å²) < 4.78 is 37.1. The molecule has 0 amide bonds. The molecule has 1 N–H and O–H groups in total. The van der Waals surface area contributed by atoms with Gasteiger partial charge in [0.05, 0.1) is 12.3 Å². The van der Waals surface area contributed by atoms with Crippen LogP contribution in [-0.2, 0) is 26.9 Å². The molecule has 9 nitrogen and oxygen atoms in total. The third-order valence-electron chi connectivity index (χ3n) is 5.09. The van der Waals surface area contributed by atoms with E-state index in [4.69, 9.17) is 9.26 Å². The van der Waals surface area contributed by atoms with Crippen LogP contribution in [0.15, 0.2) is 52.2 Å². The Labute approximate surface area is 184 Å². The molecule has 1 saturated heterocycles. The number of ether oxygens (including phenoxy) is 1. The van der Waals surface area contributed by atoms with Crippen LogP contribution in [0.2, 0.25) is 0 Å². The fraction of sp³-hybridized carbons (Fsp3) is 0.524. The Bertz CT molecular complexity index is 895. The van der Waals surface area contributed by atoms with Crippen molar-refractivity contribution < 1.29 is 17.7 Å². The van der Waals surface area contributed by atoms with Gasteiger partial charge in [0.2, 0.25) is 10.0 Å². The SMILES string of the molecule is CN=C(NCCCOCCc1ccccc1)N1CCN(S(=O)(=O)Cc2ccon2)CC1. The Kier molecular flexibility index (Phi) is 8.86. The molecule has 0 saturated carbocycles. The lowest BCUT2D eigenvalue weighted by Crippen LogP contribution is -2.54. The lowest BCUT2D eigenvalue weighted by atomic mass is 10.2. The molecule has 0 unspecified atom stereocenters. The van der Waals surface area contributed by atoms with Crippen LogP contribution in [0.4, 0.5) is 0 Å². The highest BCUT2D eigenvalue weighted by Gasteiger charge is 2.28. The van der Waals surface area contributed by atoms with Gasteiger partial charge in [-0.15, -0.1) is 0 Å². The standard InChI is InChI=1S/C21H31N5O4S/c1-22-21(23-10-5-15-29-16-8-19-6-3-2-4-7-19)25-11-13-26(14-12-25)31(27,28)18-20-9-17-30-24-20/h2-4,6-7,9,17H,5,8,10-16,18H2,1H3,(H,22,23). The highest BCUT2D eigenvalue weighted by Crippen LogP contribution is 2.12. The number of hydrogen-bond donors (Lipinski definition) is 1. The Hall–Kier alpha value is -2.43. The largest absolute Gasteiger partial charge is 0.381 e. The summed E-state index contributed by atoms with van der Waals surface area (Å²) in [6.45, 7) is 4.17. The number of hydrogen-bond acceptors (Lipinski definition) is 6. The molecule has 0 aliphatic carbocycles. The minimum absolute atomic E-state index is 0.138. The van der Waals surface area contributed by atoms with E-state index >= 15 is 0 Å². The third-order valence-corrected chi connectivity index (χ3v) is 6.90. The average Bonchev–Trinajstić information content (AvgIpc) is 3.29. The third kappa shape index (κ3) is 7.34. The molecule has 170 valence electrons. The van der Waals surface area contributed by atoms with E-state index in [1.165, 1.54) is 16.1 Å². The van der Waals surface area contributed by atoms with Crippen molar-refractivity contribution in [2.75, 3.05) is 53.0 Å². The van der Waals surface area contributed by atoms with Crippen LogP contribution in [0.5, 0.6) is 0 Å². The number of sulfonamides is 1. The fourth-order valence-electron chi connectivity index (χ4n) is 3.41. The van der Waals surface area contributed by atoms with E-state index in [1.54, 1.807) is 13.1 Å². The van der Waals surface area contributed by atoms with Crippen LogP contribution in [-0.4, -0.2) is 81.7 Å². The predicted molar refractivity (Wildman–Crippen MR) is 119 cm³/mol. The van der Waals surface area contributed by atoms with Gasteiger partial charge in [-0.25, -0.2) is 8.42 Å². The maximum atomic E-state index is 12.6. The van der Waals surface area contributed by atoms with Gasteiger partial charge in [0.15, 0.2) is 5.96 Å². The van der Waals surface area contributed by atoms with Crippen LogP contribution >= 0.6 is 0 Å². The van der Waals surface area contributed by atoms with Gasteiger partial charge in [0, 0.05) is 52.4 Å². The Morgan fingerprint density at radius 3 is 2.61 bits per heavy atom. The molecule has 31 heavy (non-hydrogen) atoms.